The Labute approximate surface area is 146 Å². The molecule has 25 heavy (non-hydrogen) atoms. The molecule has 0 saturated carbocycles. The van der Waals surface area contributed by atoms with Gasteiger partial charge < -0.3 is 9.15 Å². The van der Waals surface area contributed by atoms with E-state index in [2.05, 4.69) is 24.7 Å². The highest BCUT2D eigenvalue weighted by Crippen LogP contribution is 2.28. The molecule has 1 atom stereocenters. The molecule has 2 rings (SSSR count). The first-order chi connectivity index (χ1) is 12.1. The predicted octanol–water partition coefficient (Wildman–Crippen LogP) is 3.03. The standard InChI is InChI=1S/C19H22N2O4/c1-3-14(2)16-8-4-5-9-17(16)25-13-19(23)21-20-18(22)11-10-15-7-6-12-24-15/h4-12,14H,3,13H2,1-2H3,(H,20,22)(H,21,23)/b11-10+. The summed E-state index contributed by atoms with van der Waals surface area (Å²) >= 11 is 0. The molecule has 2 N–H and O–H groups in total. The van der Waals surface area contributed by atoms with E-state index < -0.39 is 11.8 Å². The van der Waals surface area contributed by atoms with Gasteiger partial charge in [-0.1, -0.05) is 32.0 Å². The van der Waals surface area contributed by atoms with Gasteiger partial charge in [0.05, 0.1) is 6.26 Å². The fourth-order valence-corrected chi connectivity index (χ4v) is 2.14. The van der Waals surface area contributed by atoms with Crippen LogP contribution in [0.15, 0.2) is 53.2 Å². The van der Waals surface area contributed by atoms with E-state index in [4.69, 9.17) is 9.15 Å². The first-order valence-electron chi connectivity index (χ1n) is 8.12. The first kappa shape index (κ1) is 18.3. The number of furan rings is 1. The van der Waals surface area contributed by atoms with Gasteiger partial charge in [0, 0.05) is 6.08 Å². The summed E-state index contributed by atoms with van der Waals surface area (Å²) in [4.78, 5) is 23.4. The SMILES string of the molecule is CCC(C)c1ccccc1OCC(=O)NNC(=O)/C=C/c1ccco1. The van der Waals surface area contributed by atoms with Crippen molar-refractivity contribution >= 4 is 17.9 Å². The Bertz CT molecular complexity index is 723. The summed E-state index contributed by atoms with van der Waals surface area (Å²) in [6.45, 7) is 4.02. The zero-order chi connectivity index (χ0) is 18.1. The molecule has 0 fully saturated rings. The number of nitrogens with one attached hydrogen (secondary N) is 2. The van der Waals surface area contributed by atoms with Gasteiger partial charge in [0.1, 0.15) is 11.5 Å². The molecule has 1 aromatic carbocycles. The van der Waals surface area contributed by atoms with Crippen molar-refractivity contribution in [1.29, 1.82) is 0 Å². The maximum Gasteiger partial charge on any atom is 0.276 e. The summed E-state index contributed by atoms with van der Waals surface area (Å²) in [6, 6.07) is 11.1. The van der Waals surface area contributed by atoms with E-state index in [1.165, 1.54) is 18.4 Å². The van der Waals surface area contributed by atoms with E-state index in [0.717, 1.165) is 12.0 Å². The highest BCUT2D eigenvalue weighted by molar-refractivity contribution is 5.92. The highest BCUT2D eigenvalue weighted by atomic mass is 16.5. The second-order valence-corrected chi connectivity index (χ2v) is 5.52. The van der Waals surface area contributed by atoms with E-state index in [1.54, 1.807) is 12.1 Å². The van der Waals surface area contributed by atoms with Gasteiger partial charge >= 0.3 is 0 Å². The summed E-state index contributed by atoms with van der Waals surface area (Å²) < 4.78 is 10.6. The number of benzene rings is 1. The molecule has 0 aliphatic rings. The van der Waals surface area contributed by atoms with Crippen molar-refractivity contribution in [2.75, 3.05) is 6.61 Å². The molecule has 1 unspecified atom stereocenters. The quantitative estimate of drug-likeness (QED) is 0.599. The monoisotopic (exact) mass is 342 g/mol. The lowest BCUT2D eigenvalue weighted by Gasteiger charge is -2.15. The first-order valence-corrected chi connectivity index (χ1v) is 8.12. The van der Waals surface area contributed by atoms with Crippen LogP contribution in [0.2, 0.25) is 0 Å². The third kappa shape index (κ3) is 5.84. The fraction of sp³-hybridized carbons (Fsp3) is 0.263. The number of rotatable bonds is 7. The third-order valence-electron chi connectivity index (χ3n) is 3.69. The number of amides is 2. The van der Waals surface area contributed by atoms with Crippen LogP contribution >= 0.6 is 0 Å². The number of hydrogen-bond donors (Lipinski definition) is 2. The molecule has 1 aromatic heterocycles. The van der Waals surface area contributed by atoms with Gasteiger partial charge in [0.2, 0.25) is 0 Å². The van der Waals surface area contributed by atoms with Gasteiger partial charge in [-0.15, -0.1) is 0 Å². The summed E-state index contributed by atoms with van der Waals surface area (Å²) in [5.41, 5.74) is 5.64. The molecule has 1 heterocycles. The largest absolute Gasteiger partial charge is 0.483 e. The van der Waals surface area contributed by atoms with Crippen LogP contribution in [0.25, 0.3) is 6.08 Å². The minimum Gasteiger partial charge on any atom is -0.483 e. The van der Waals surface area contributed by atoms with E-state index >= 15 is 0 Å². The Hall–Kier alpha value is -3.02. The zero-order valence-corrected chi connectivity index (χ0v) is 14.3. The minimum atomic E-state index is -0.468. The lowest BCUT2D eigenvalue weighted by molar-refractivity contribution is -0.128. The number of carbonyl (C=O) groups excluding carboxylic acids is 2. The number of hydrazine groups is 1. The topological polar surface area (TPSA) is 80.6 Å². The predicted molar refractivity (Wildman–Crippen MR) is 94.7 cm³/mol. The van der Waals surface area contributed by atoms with Crippen LogP contribution in [0.3, 0.4) is 0 Å². The molecule has 0 bridgehead atoms. The number of hydrogen-bond acceptors (Lipinski definition) is 4. The molecule has 0 radical (unpaired) electrons. The molecular formula is C19H22N2O4. The average Bonchev–Trinajstić information content (AvgIpc) is 3.16. The fourth-order valence-electron chi connectivity index (χ4n) is 2.14. The summed E-state index contributed by atoms with van der Waals surface area (Å²) in [5.74, 6) is 0.650. The van der Waals surface area contributed by atoms with Crippen LogP contribution in [0.5, 0.6) is 5.75 Å². The number of carbonyl (C=O) groups is 2. The van der Waals surface area contributed by atoms with Gasteiger partial charge in [0.15, 0.2) is 6.61 Å². The summed E-state index contributed by atoms with van der Waals surface area (Å²) in [5, 5.41) is 0. The molecule has 2 aromatic rings. The van der Waals surface area contributed by atoms with Crippen LogP contribution in [0, 0.1) is 0 Å². The van der Waals surface area contributed by atoms with Gasteiger partial charge in [-0.05, 0) is 42.2 Å². The summed E-state index contributed by atoms with van der Waals surface area (Å²) in [6.07, 6.45) is 5.25. The molecule has 6 nitrogen and oxygen atoms in total. The Morgan fingerprint density at radius 1 is 1.20 bits per heavy atom. The Balaban J connectivity index is 1.78. The van der Waals surface area contributed by atoms with Crippen molar-refractivity contribution in [1.82, 2.24) is 10.9 Å². The van der Waals surface area contributed by atoms with Crippen LogP contribution in [0.4, 0.5) is 0 Å². The van der Waals surface area contributed by atoms with Crippen molar-refractivity contribution in [3.8, 4) is 5.75 Å². The van der Waals surface area contributed by atoms with Gasteiger partial charge in [-0.2, -0.15) is 0 Å². The van der Waals surface area contributed by atoms with Crippen molar-refractivity contribution in [2.24, 2.45) is 0 Å². The maximum absolute atomic E-state index is 11.8. The van der Waals surface area contributed by atoms with Crippen molar-refractivity contribution in [3.63, 3.8) is 0 Å². The molecular weight excluding hydrogens is 320 g/mol. The molecule has 0 saturated heterocycles. The van der Waals surface area contributed by atoms with Gasteiger partial charge in [-0.25, -0.2) is 0 Å². The van der Waals surface area contributed by atoms with Crippen LogP contribution in [-0.2, 0) is 9.59 Å². The lowest BCUT2D eigenvalue weighted by Crippen LogP contribution is -2.43. The van der Waals surface area contributed by atoms with Crippen molar-refractivity contribution < 1.29 is 18.7 Å². The van der Waals surface area contributed by atoms with E-state index in [0.29, 0.717) is 17.4 Å². The smallest absolute Gasteiger partial charge is 0.276 e. The Morgan fingerprint density at radius 2 is 2.00 bits per heavy atom. The number of ether oxygens (including phenoxy) is 1. The second kappa shape index (κ2) is 9.32. The van der Waals surface area contributed by atoms with E-state index in [1.807, 2.05) is 24.3 Å². The maximum atomic E-state index is 11.8. The third-order valence-corrected chi connectivity index (χ3v) is 3.69. The van der Waals surface area contributed by atoms with Crippen LogP contribution < -0.4 is 15.6 Å². The van der Waals surface area contributed by atoms with Crippen LogP contribution in [0.1, 0.15) is 37.5 Å². The minimum absolute atomic E-state index is 0.185. The van der Waals surface area contributed by atoms with E-state index in [9.17, 15) is 9.59 Å². The normalized spacial score (nSPS) is 11.9. The molecule has 132 valence electrons. The van der Waals surface area contributed by atoms with Gasteiger partial charge in [-0.3, -0.25) is 20.4 Å². The van der Waals surface area contributed by atoms with E-state index in [-0.39, 0.29) is 6.61 Å². The molecule has 0 spiro atoms. The highest BCUT2D eigenvalue weighted by Gasteiger charge is 2.11. The molecule has 0 aliphatic carbocycles. The number of para-hydroxylation sites is 1. The average molecular weight is 342 g/mol. The lowest BCUT2D eigenvalue weighted by atomic mass is 9.98. The molecule has 6 heteroatoms. The summed E-state index contributed by atoms with van der Waals surface area (Å²) in [7, 11) is 0. The van der Waals surface area contributed by atoms with Gasteiger partial charge in [0.25, 0.3) is 11.8 Å². The van der Waals surface area contributed by atoms with Crippen molar-refractivity contribution in [3.05, 3.63) is 60.1 Å². The Kier molecular flexibility index (Phi) is 6.83. The zero-order valence-electron chi connectivity index (χ0n) is 14.3. The molecule has 2 amide bonds. The van der Waals surface area contributed by atoms with Crippen molar-refractivity contribution in [2.45, 2.75) is 26.2 Å². The Morgan fingerprint density at radius 3 is 2.72 bits per heavy atom. The van der Waals surface area contributed by atoms with Crippen LogP contribution in [-0.4, -0.2) is 18.4 Å². The molecule has 0 aliphatic heterocycles. The second-order valence-electron chi connectivity index (χ2n) is 5.52.